The van der Waals surface area contributed by atoms with Crippen LogP contribution in [0, 0.1) is 6.92 Å². The molecule has 3 heterocycles. The zero-order valence-corrected chi connectivity index (χ0v) is 14.8. The van der Waals surface area contributed by atoms with Crippen LogP contribution in [-0.4, -0.2) is 53.5 Å². The van der Waals surface area contributed by atoms with Gasteiger partial charge in [-0.2, -0.15) is 0 Å². The molecule has 6 heteroatoms. The van der Waals surface area contributed by atoms with Crippen molar-refractivity contribution in [2.45, 2.75) is 20.4 Å². The monoisotopic (exact) mass is 337 g/mol. The standard InChI is InChI=1S/C19H23N5O/c1-3-22-8-10-23(11-9-22)19-20-12-16-17(21-19)13-24(18(16)25)15-6-4-14(2)5-7-15/h4-7,12H,3,8-11,13H2,1-2H3. The van der Waals surface area contributed by atoms with E-state index in [4.69, 9.17) is 4.98 Å². The van der Waals surface area contributed by atoms with Crippen LogP contribution in [0.4, 0.5) is 11.6 Å². The van der Waals surface area contributed by atoms with Crippen molar-refractivity contribution in [3.05, 3.63) is 47.3 Å². The Balaban J connectivity index is 1.54. The van der Waals surface area contributed by atoms with E-state index in [0.29, 0.717) is 12.1 Å². The van der Waals surface area contributed by atoms with E-state index in [0.717, 1.165) is 50.1 Å². The number of likely N-dealkylation sites (N-methyl/N-ethyl adjacent to an activating group) is 1. The third kappa shape index (κ3) is 2.98. The third-order valence-electron chi connectivity index (χ3n) is 5.09. The van der Waals surface area contributed by atoms with Gasteiger partial charge in [0.15, 0.2) is 0 Å². The zero-order valence-electron chi connectivity index (χ0n) is 14.8. The number of carbonyl (C=O) groups is 1. The lowest BCUT2D eigenvalue weighted by Crippen LogP contribution is -2.46. The van der Waals surface area contributed by atoms with Crippen LogP contribution in [0.25, 0.3) is 0 Å². The maximum atomic E-state index is 12.7. The number of hydrogen-bond donors (Lipinski definition) is 0. The van der Waals surface area contributed by atoms with Crippen LogP contribution in [0.1, 0.15) is 28.5 Å². The molecule has 0 radical (unpaired) electrons. The molecule has 0 spiro atoms. The van der Waals surface area contributed by atoms with E-state index in [1.165, 1.54) is 5.56 Å². The fourth-order valence-corrected chi connectivity index (χ4v) is 3.42. The van der Waals surface area contributed by atoms with Crippen LogP contribution in [-0.2, 0) is 6.54 Å². The lowest BCUT2D eigenvalue weighted by atomic mass is 10.2. The number of piperazine rings is 1. The number of aromatic nitrogens is 2. The fraction of sp³-hybridized carbons (Fsp3) is 0.421. The Morgan fingerprint density at radius 1 is 1.08 bits per heavy atom. The molecule has 130 valence electrons. The van der Waals surface area contributed by atoms with Gasteiger partial charge in [-0.1, -0.05) is 24.6 Å². The zero-order chi connectivity index (χ0) is 17.4. The average Bonchev–Trinajstić information content (AvgIpc) is 2.98. The molecule has 1 amide bonds. The molecule has 0 unspecified atom stereocenters. The minimum atomic E-state index is -0.0128. The number of anilines is 2. The van der Waals surface area contributed by atoms with Crippen molar-refractivity contribution in [2.75, 3.05) is 42.5 Å². The van der Waals surface area contributed by atoms with Gasteiger partial charge < -0.3 is 14.7 Å². The SMILES string of the molecule is CCN1CCN(c2ncc3c(n2)CN(c2ccc(C)cc2)C3=O)CC1. The molecule has 2 aliphatic rings. The van der Waals surface area contributed by atoms with Gasteiger partial charge in [-0.05, 0) is 25.6 Å². The second-order valence-corrected chi connectivity index (χ2v) is 6.68. The second-order valence-electron chi connectivity index (χ2n) is 6.68. The maximum absolute atomic E-state index is 12.7. The number of carbonyl (C=O) groups excluding carboxylic acids is 1. The topological polar surface area (TPSA) is 52.6 Å². The summed E-state index contributed by atoms with van der Waals surface area (Å²) in [6.45, 7) is 9.76. The maximum Gasteiger partial charge on any atom is 0.262 e. The highest BCUT2D eigenvalue weighted by atomic mass is 16.2. The number of benzene rings is 1. The Hall–Kier alpha value is -2.47. The first-order valence-corrected chi connectivity index (χ1v) is 8.87. The fourth-order valence-electron chi connectivity index (χ4n) is 3.42. The quantitative estimate of drug-likeness (QED) is 0.858. The summed E-state index contributed by atoms with van der Waals surface area (Å²) in [5.41, 5.74) is 3.54. The lowest BCUT2D eigenvalue weighted by molar-refractivity contribution is 0.0996. The highest BCUT2D eigenvalue weighted by Crippen LogP contribution is 2.28. The van der Waals surface area contributed by atoms with Crippen molar-refractivity contribution < 1.29 is 4.79 Å². The van der Waals surface area contributed by atoms with Gasteiger partial charge in [-0.15, -0.1) is 0 Å². The summed E-state index contributed by atoms with van der Waals surface area (Å²) in [4.78, 5) is 28.3. The number of fused-ring (bicyclic) bond motifs is 1. The molecule has 1 fully saturated rings. The number of aryl methyl sites for hydroxylation is 1. The minimum absolute atomic E-state index is 0.0128. The van der Waals surface area contributed by atoms with Crippen molar-refractivity contribution in [3.8, 4) is 0 Å². The molecule has 2 aromatic rings. The van der Waals surface area contributed by atoms with Crippen LogP contribution >= 0.6 is 0 Å². The Labute approximate surface area is 148 Å². The molecule has 1 saturated heterocycles. The van der Waals surface area contributed by atoms with Crippen LogP contribution in [0.3, 0.4) is 0 Å². The molecule has 0 atom stereocenters. The summed E-state index contributed by atoms with van der Waals surface area (Å²) in [6, 6.07) is 8.01. The molecule has 2 aliphatic heterocycles. The van der Waals surface area contributed by atoms with Crippen LogP contribution in [0.15, 0.2) is 30.5 Å². The Kier molecular flexibility index (Phi) is 4.13. The number of nitrogens with zero attached hydrogens (tertiary/aromatic N) is 5. The summed E-state index contributed by atoms with van der Waals surface area (Å²) in [6.07, 6.45) is 1.69. The van der Waals surface area contributed by atoms with E-state index >= 15 is 0 Å². The summed E-state index contributed by atoms with van der Waals surface area (Å²) in [5, 5.41) is 0. The van der Waals surface area contributed by atoms with E-state index in [1.54, 1.807) is 11.1 Å². The third-order valence-corrected chi connectivity index (χ3v) is 5.09. The molecular formula is C19H23N5O. The number of amides is 1. The lowest BCUT2D eigenvalue weighted by Gasteiger charge is -2.34. The van der Waals surface area contributed by atoms with Gasteiger partial charge in [-0.25, -0.2) is 9.97 Å². The predicted octanol–water partition coefficient (Wildman–Crippen LogP) is 2.09. The van der Waals surface area contributed by atoms with Gasteiger partial charge in [0.2, 0.25) is 5.95 Å². The molecule has 0 N–H and O–H groups in total. The van der Waals surface area contributed by atoms with Gasteiger partial charge in [0.25, 0.3) is 5.91 Å². The summed E-state index contributed by atoms with van der Waals surface area (Å²) in [7, 11) is 0. The molecular weight excluding hydrogens is 314 g/mol. The molecule has 4 rings (SSSR count). The molecule has 25 heavy (non-hydrogen) atoms. The number of rotatable bonds is 3. The normalized spacial score (nSPS) is 17.9. The molecule has 0 saturated carbocycles. The van der Waals surface area contributed by atoms with E-state index in [2.05, 4.69) is 21.7 Å². The van der Waals surface area contributed by atoms with Gasteiger partial charge in [-0.3, -0.25) is 4.79 Å². The van der Waals surface area contributed by atoms with Gasteiger partial charge >= 0.3 is 0 Å². The van der Waals surface area contributed by atoms with Crippen molar-refractivity contribution in [3.63, 3.8) is 0 Å². The summed E-state index contributed by atoms with van der Waals surface area (Å²) < 4.78 is 0. The predicted molar refractivity (Wildman–Crippen MR) is 98.1 cm³/mol. The van der Waals surface area contributed by atoms with Crippen molar-refractivity contribution in [1.82, 2.24) is 14.9 Å². The average molecular weight is 337 g/mol. The van der Waals surface area contributed by atoms with E-state index < -0.39 is 0 Å². The van der Waals surface area contributed by atoms with Crippen LogP contribution in [0.5, 0.6) is 0 Å². The first-order valence-electron chi connectivity index (χ1n) is 8.87. The van der Waals surface area contributed by atoms with E-state index in [-0.39, 0.29) is 5.91 Å². The largest absolute Gasteiger partial charge is 0.338 e. The Morgan fingerprint density at radius 2 is 1.80 bits per heavy atom. The van der Waals surface area contributed by atoms with E-state index in [1.807, 2.05) is 31.2 Å². The van der Waals surface area contributed by atoms with Crippen LogP contribution < -0.4 is 9.80 Å². The van der Waals surface area contributed by atoms with Crippen molar-refractivity contribution in [1.29, 1.82) is 0 Å². The molecule has 1 aromatic heterocycles. The summed E-state index contributed by atoms with van der Waals surface area (Å²) in [5.74, 6) is 0.731. The second kappa shape index (κ2) is 6.44. The molecule has 1 aromatic carbocycles. The smallest absolute Gasteiger partial charge is 0.262 e. The van der Waals surface area contributed by atoms with Crippen molar-refractivity contribution in [2.24, 2.45) is 0 Å². The Bertz CT molecular complexity index is 781. The molecule has 0 aliphatic carbocycles. The van der Waals surface area contributed by atoms with Gasteiger partial charge in [0.1, 0.15) is 0 Å². The highest BCUT2D eigenvalue weighted by Gasteiger charge is 2.31. The van der Waals surface area contributed by atoms with Gasteiger partial charge in [0.05, 0.1) is 17.8 Å². The molecule has 6 nitrogen and oxygen atoms in total. The molecule has 0 bridgehead atoms. The minimum Gasteiger partial charge on any atom is -0.338 e. The number of hydrogen-bond acceptors (Lipinski definition) is 5. The Morgan fingerprint density at radius 3 is 2.48 bits per heavy atom. The first kappa shape index (κ1) is 16.0. The van der Waals surface area contributed by atoms with Gasteiger partial charge in [0, 0.05) is 38.1 Å². The highest BCUT2D eigenvalue weighted by molar-refractivity contribution is 6.09. The van der Waals surface area contributed by atoms with Crippen molar-refractivity contribution >= 4 is 17.5 Å². The van der Waals surface area contributed by atoms with Crippen LogP contribution in [0.2, 0.25) is 0 Å². The van der Waals surface area contributed by atoms with E-state index in [9.17, 15) is 4.79 Å². The summed E-state index contributed by atoms with van der Waals surface area (Å²) >= 11 is 0. The first-order chi connectivity index (χ1) is 12.2.